The van der Waals surface area contributed by atoms with Crippen molar-refractivity contribution in [2.75, 3.05) is 5.32 Å². The van der Waals surface area contributed by atoms with Crippen molar-refractivity contribution < 1.29 is 17.6 Å². The Balaban J connectivity index is 1.59. The Morgan fingerprint density at radius 2 is 1.86 bits per heavy atom. The molecular formula is C27H33FN4O3S2. The molecule has 0 unspecified atom stereocenters. The highest BCUT2D eigenvalue weighted by atomic mass is 32.2. The van der Waals surface area contributed by atoms with Crippen LogP contribution < -0.4 is 15.4 Å². The number of nitrogens with zero attached hydrogens (tertiary/aromatic N) is 1. The molecule has 1 heterocycles. The van der Waals surface area contributed by atoms with Gasteiger partial charge in [0.1, 0.15) is 5.82 Å². The van der Waals surface area contributed by atoms with Crippen LogP contribution in [0, 0.1) is 5.82 Å². The quantitative estimate of drug-likeness (QED) is 0.321. The summed E-state index contributed by atoms with van der Waals surface area (Å²) in [4.78, 5) is 18.0. The third kappa shape index (κ3) is 7.37. The lowest BCUT2D eigenvalue weighted by molar-refractivity contribution is 0.251. The molecule has 0 radical (unpaired) electrons. The van der Waals surface area contributed by atoms with Crippen LogP contribution in [0.1, 0.15) is 69.4 Å². The Morgan fingerprint density at radius 1 is 1.11 bits per heavy atom. The number of hydrogen-bond acceptors (Lipinski definition) is 5. The highest BCUT2D eigenvalue weighted by molar-refractivity contribution is 7.89. The number of urea groups is 1. The second kappa shape index (κ2) is 11.3. The molecule has 3 aromatic rings. The van der Waals surface area contributed by atoms with E-state index in [2.05, 4.69) is 20.3 Å². The molecule has 7 nitrogen and oxygen atoms in total. The van der Waals surface area contributed by atoms with E-state index in [1.165, 1.54) is 48.8 Å². The molecule has 10 heteroatoms. The van der Waals surface area contributed by atoms with Gasteiger partial charge in [0.2, 0.25) is 10.0 Å². The predicted molar refractivity (Wildman–Crippen MR) is 146 cm³/mol. The maximum Gasteiger partial charge on any atom is 0.319 e. The van der Waals surface area contributed by atoms with E-state index in [4.69, 9.17) is 0 Å². The number of amides is 2. The Morgan fingerprint density at radius 3 is 2.57 bits per heavy atom. The van der Waals surface area contributed by atoms with Gasteiger partial charge in [0.25, 0.3) is 0 Å². The third-order valence-electron chi connectivity index (χ3n) is 6.06. The van der Waals surface area contributed by atoms with Crippen molar-refractivity contribution in [3.63, 3.8) is 0 Å². The van der Waals surface area contributed by atoms with E-state index in [0.29, 0.717) is 22.7 Å². The van der Waals surface area contributed by atoms with E-state index < -0.39 is 21.6 Å². The minimum Gasteiger partial charge on any atom is -0.334 e. The first-order valence-corrected chi connectivity index (χ1v) is 14.7. The van der Waals surface area contributed by atoms with Gasteiger partial charge in [-0.15, -0.1) is 11.3 Å². The maximum absolute atomic E-state index is 13.4. The van der Waals surface area contributed by atoms with Gasteiger partial charge in [0.05, 0.1) is 14.8 Å². The number of thiazole rings is 1. The average molecular weight is 545 g/mol. The van der Waals surface area contributed by atoms with Gasteiger partial charge in [-0.05, 0) is 63.4 Å². The van der Waals surface area contributed by atoms with E-state index in [9.17, 15) is 17.6 Å². The van der Waals surface area contributed by atoms with Crippen LogP contribution in [0.2, 0.25) is 0 Å². The van der Waals surface area contributed by atoms with E-state index >= 15 is 0 Å². The SMILES string of the molecule is CC(C)(C)NS(=O)(=O)c1cc(NC(=O)NCc2cccc(F)c2)ccc1-c1cnc(C2CCCCC2)s1. The van der Waals surface area contributed by atoms with Crippen molar-refractivity contribution in [3.8, 4) is 10.4 Å². The minimum absolute atomic E-state index is 0.0733. The fraction of sp³-hybridized carbons (Fsp3) is 0.407. The molecule has 1 saturated carbocycles. The van der Waals surface area contributed by atoms with Crippen LogP contribution in [0.3, 0.4) is 0 Å². The first kappa shape index (κ1) is 27.2. The molecule has 198 valence electrons. The number of carbonyl (C=O) groups excluding carboxylic acids is 1. The normalized spacial score (nSPS) is 14.9. The fourth-order valence-electron chi connectivity index (χ4n) is 4.44. The van der Waals surface area contributed by atoms with Gasteiger partial charge in [-0.2, -0.15) is 0 Å². The number of carbonyl (C=O) groups is 1. The summed E-state index contributed by atoms with van der Waals surface area (Å²) in [6, 6.07) is 10.3. The number of halogens is 1. The highest BCUT2D eigenvalue weighted by Crippen LogP contribution is 2.39. The molecule has 4 rings (SSSR count). The van der Waals surface area contributed by atoms with Crippen molar-refractivity contribution in [2.45, 2.75) is 75.8 Å². The number of anilines is 1. The molecule has 1 aliphatic rings. The highest BCUT2D eigenvalue weighted by Gasteiger charge is 2.27. The lowest BCUT2D eigenvalue weighted by atomic mass is 9.90. The lowest BCUT2D eigenvalue weighted by Gasteiger charge is -2.22. The average Bonchev–Trinajstić information content (AvgIpc) is 3.32. The number of sulfonamides is 1. The molecule has 1 aliphatic carbocycles. The molecule has 3 N–H and O–H groups in total. The molecule has 0 spiro atoms. The molecule has 2 aromatic carbocycles. The smallest absolute Gasteiger partial charge is 0.319 e. The summed E-state index contributed by atoms with van der Waals surface area (Å²) in [5.41, 5.74) is 0.791. The van der Waals surface area contributed by atoms with Crippen LogP contribution in [0.15, 0.2) is 53.6 Å². The molecule has 1 fully saturated rings. The Labute approximate surface area is 222 Å². The summed E-state index contributed by atoms with van der Waals surface area (Å²) in [5.74, 6) is 0.0363. The van der Waals surface area contributed by atoms with Gasteiger partial charge in [0, 0.05) is 35.4 Å². The zero-order valence-electron chi connectivity index (χ0n) is 21.3. The summed E-state index contributed by atoms with van der Waals surface area (Å²) in [6.45, 7) is 5.46. The maximum atomic E-state index is 13.4. The van der Waals surface area contributed by atoms with Crippen molar-refractivity contribution in [1.82, 2.24) is 15.0 Å². The van der Waals surface area contributed by atoms with Crippen LogP contribution >= 0.6 is 11.3 Å². The Kier molecular flexibility index (Phi) is 8.30. The zero-order valence-corrected chi connectivity index (χ0v) is 22.9. The first-order chi connectivity index (χ1) is 17.5. The van der Waals surface area contributed by atoms with Crippen molar-refractivity contribution in [2.24, 2.45) is 0 Å². The molecule has 37 heavy (non-hydrogen) atoms. The molecule has 1 aromatic heterocycles. The zero-order chi connectivity index (χ0) is 26.6. The predicted octanol–water partition coefficient (Wildman–Crippen LogP) is 6.40. The van der Waals surface area contributed by atoms with Crippen molar-refractivity contribution in [1.29, 1.82) is 0 Å². The fourth-order valence-corrected chi connectivity index (χ4v) is 7.30. The largest absolute Gasteiger partial charge is 0.334 e. The van der Waals surface area contributed by atoms with Crippen LogP contribution in [0.5, 0.6) is 0 Å². The number of hydrogen-bond donors (Lipinski definition) is 3. The second-order valence-electron chi connectivity index (χ2n) is 10.4. The van der Waals surface area contributed by atoms with E-state index in [-0.39, 0.29) is 17.3 Å². The monoisotopic (exact) mass is 544 g/mol. The lowest BCUT2D eigenvalue weighted by Crippen LogP contribution is -2.40. The third-order valence-corrected chi connectivity index (χ3v) is 9.05. The van der Waals surface area contributed by atoms with E-state index in [0.717, 1.165) is 22.7 Å². The Hall–Kier alpha value is -2.82. The molecule has 0 aliphatic heterocycles. The van der Waals surface area contributed by atoms with Crippen molar-refractivity contribution in [3.05, 3.63) is 65.0 Å². The van der Waals surface area contributed by atoms with Gasteiger partial charge < -0.3 is 10.6 Å². The minimum atomic E-state index is -3.92. The van der Waals surface area contributed by atoms with E-state index in [1.54, 1.807) is 51.2 Å². The molecule has 0 saturated heterocycles. The number of nitrogens with one attached hydrogen (secondary N) is 3. The Bertz CT molecular complexity index is 1360. The van der Waals surface area contributed by atoms with Crippen LogP contribution in [0.4, 0.5) is 14.9 Å². The van der Waals surface area contributed by atoms with Gasteiger partial charge in [-0.25, -0.2) is 27.3 Å². The summed E-state index contributed by atoms with van der Waals surface area (Å²) in [7, 11) is -3.92. The number of benzene rings is 2. The molecule has 2 amide bonds. The van der Waals surface area contributed by atoms with Gasteiger partial charge in [-0.3, -0.25) is 0 Å². The molecular weight excluding hydrogens is 511 g/mol. The standard InChI is InChI=1S/C27H33FN4O3S2/c1-27(2,3)32-37(34,35)24-15-21(31-26(33)30-16-18-8-7-11-20(28)14-18)12-13-22(24)23-17-29-25(36-23)19-9-5-4-6-10-19/h7-8,11-15,17,19,32H,4-6,9-10,16H2,1-3H3,(H2,30,31,33). The number of rotatable bonds is 7. The topological polar surface area (TPSA) is 100 Å². The first-order valence-electron chi connectivity index (χ1n) is 12.4. The van der Waals surface area contributed by atoms with Gasteiger partial charge in [-0.1, -0.05) is 37.5 Å². The summed E-state index contributed by atoms with van der Waals surface area (Å²) in [6.07, 6.45) is 7.60. The molecule has 0 atom stereocenters. The summed E-state index contributed by atoms with van der Waals surface area (Å²) < 4.78 is 43.0. The van der Waals surface area contributed by atoms with Gasteiger partial charge >= 0.3 is 6.03 Å². The van der Waals surface area contributed by atoms with E-state index in [1.807, 2.05) is 0 Å². The molecule has 0 bridgehead atoms. The van der Waals surface area contributed by atoms with Crippen molar-refractivity contribution >= 4 is 33.1 Å². The van der Waals surface area contributed by atoms with Crippen LogP contribution in [-0.4, -0.2) is 25.0 Å². The summed E-state index contributed by atoms with van der Waals surface area (Å²) in [5, 5.41) is 6.40. The second-order valence-corrected chi connectivity index (χ2v) is 13.1. The summed E-state index contributed by atoms with van der Waals surface area (Å²) >= 11 is 1.53. The van der Waals surface area contributed by atoms with Crippen LogP contribution in [-0.2, 0) is 16.6 Å². The van der Waals surface area contributed by atoms with Gasteiger partial charge in [0.15, 0.2) is 0 Å². The van der Waals surface area contributed by atoms with Crippen LogP contribution in [0.25, 0.3) is 10.4 Å². The number of aromatic nitrogens is 1.